The lowest BCUT2D eigenvalue weighted by molar-refractivity contribution is 0.628. The number of hydrogen-bond acceptors (Lipinski definition) is 5. The van der Waals surface area contributed by atoms with Crippen LogP contribution in [0.2, 0.25) is 0 Å². The molecular weight excluding hydrogens is 351 g/mol. The van der Waals surface area contributed by atoms with Crippen molar-refractivity contribution in [2.45, 2.75) is 6.92 Å². The van der Waals surface area contributed by atoms with Crippen LogP contribution in [0.1, 0.15) is 17.1 Å². The number of hydrogen-bond donors (Lipinski definition) is 0. The van der Waals surface area contributed by atoms with Gasteiger partial charge in [-0.05, 0) is 55.5 Å². The van der Waals surface area contributed by atoms with Gasteiger partial charge in [-0.3, -0.25) is 9.78 Å². The van der Waals surface area contributed by atoms with E-state index in [0.29, 0.717) is 15.7 Å². The summed E-state index contributed by atoms with van der Waals surface area (Å²) in [6.45, 7) is 1.92. The summed E-state index contributed by atoms with van der Waals surface area (Å²) in [5, 5.41) is 4.89. The van der Waals surface area contributed by atoms with Crippen LogP contribution in [0.15, 0.2) is 53.3 Å². The molecule has 0 radical (unpaired) electrons. The van der Waals surface area contributed by atoms with Gasteiger partial charge in [-0.2, -0.15) is 9.61 Å². The molecule has 0 spiro atoms. The largest absolute Gasteiger partial charge is 0.275 e. The van der Waals surface area contributed by atoms with E-state index in [2.05, 4.69) is 15.1 Å². The van der Waals surface area contributed by atoms with Crippen LogP contribution in [0.5, 0.6) is 0 Å². The Morgan fingerprint density at radius 2 is 1.81 bits per heavy atom. The zero-order chi connectivity index (χ0) is 18.1. The van der Waals surface area contributed by atoms with Crippen LogP contribution in [0.3, 0.4) is 0 Å². The van der Waals surface area contributed by atoms with Crippen molar-refractivity contribution in [2.24, 2.45) is 0 Å². The molecule has 0 aliphatic heterocycles. The average molecular weight is 364 g/mol. The normalized spacial score (nSPS) is 11.5. The summed E-state index contributed by atoms with van der Waals surface area (Å²) < 4.78 is 14.3. The molecule has 3 heterocycles. The van der Waals surface area contributed by atoms with Gasteiger partial charge in [0.25, 0.3) is 5.56 Å². The van der Waals surface area contributed by atoms with Crippen molar-refractivity contribution in [2.75, 3.05) is 0 Å². The summed E-state index contributed by atoms with van der Waals surface area (Å²) in [4.78, 5) is 21.7. The lowest BCUT2D eigenvalue weighted by Gasteiger charge is -1.95. The van der Waals surface area contributed by atoms with Crippen LogP contribution in [-0.2, 0) is 0 Å². The second kappa shape index (κ2) is 6.61. The van der Waals surface area contributed by atoms with Crippen LogP contribution in [0, 0.1) is 12.7 Å². The number of fused-ring (bicyclic) bond motifs is 1. The Morgan fingerprint density at radius 3 is 2.58 bits per heavy atom. The van der Waals surface area contributed by atoms with Crippen molar-refractivity contribution in [3.8, 4) is 10.6 Å². The first-order valence-electron chi connectivity index (χ1n) is 7.87. The molecule has 0 fully saturated rings. The Bertz CT molecular complexity index is 1180. The number of benzene rings is 1. The van der Waals surface area contributed by atoms with Gasteiger partial charge in [0.2, 0.25) is 4.96 Å². The Labute approximate surface area is 152 Å². The third-order valence-electron chi connectivity index (χ3n) is 3.69. The van der Waals surface area contributed by atoms with Gasteiger partial charge in [0.05, 0.1) is 11.4 Å². The molecule has 0 aliphatic rings. The fourth-order valence-electron chi connectivity index (χ4n) is 2.45. The van der Waals surface area contributed by atoms with E-state index < -0.39 is 0 Å². The number of nitrogens with zero attached hydrogens (tertiary/aromatic N) is 4. The van der Waals surface area contributed by atoms with E-state index in [1.165, 1.54) is 34.1 Å². The molecule has 7 heteroatoms. The quantitative estimate of drug-likeness (QED) is 0.554. The second-order valence-corrected chi connectivity index (χ2v) is 6.62. The molecule has 1 aromatic carbocycles. The predicted octanol–water partition coefficient (Wildman–Crippen LogP) is 3.83. The van der Waals surface area contributed by atoms with Crippen LogP contribution in [-0.4, -0.2) is 19.6 Å². The lowest BCUT2D eigenvalue weighted by Crippen LogP contribution is -2.14. The minimum atomic E-state index is -0.317. The fraction of sp³-hybridized carbons (Fsp3) is 0.0526. The summed E-state index contributed by atoms with van der Waals surface area (Å²) in [6.07, 6.45) is 3.56. The number of pyridine rings is 1. The number of halogens is 1. The first-order valence-corrected chi connectivity index (χ1v) is 8.69. The molecule has 0 N–H and O–H groups in total. The first kappa shape index (κ1) is 16.3. The maximum absolute atomic E-state index is 13.1. The standard InChI is InChI=1S/C19H13FN4OS/c1-12-3-2-4-15(21-12)9-10-16-11-17(25)24-19(22-16)26-18(23-24)13-5-7-14(20)8-6-13/h2-11H,1H3. The zero-order valence-electron chi connectivity index (χ0n) is 13.8. The molecule has 3 aromatic heterocycles. The summed E-state index contributed by atoms with van der Waals surface area (Å²) >= 11 is 1.28. The van der Waals surface area contributed by atoms with Gasteiger partial charge in [-0.25, -0.2) is 9.37 Å². The highest BCUT2D eigenvalue weighted by molar-refractivity contribution is 7.19. The fourth-order valence-corrected chi connectivity index (χ4v) is 3.37. The molecular formula is C19H13FN4OS. The smallest absolute Gasteiger partial charge is 0.267 e. The van der Waals surface area contributed by atoms with Crippen LogP contribution in [0.4, 0.5) is 4.39 Å². The Kier molecular flexibility index (Phi) is 4.14. The Balaban J connectivity index is 1.72. The van der Waals surface area contributed by atoms with E-state index in [0.717, 1.165) is 17.0 Å². The second-order valence-electron chi connectivity index (χ2n) is 5.66. The van der Waals surface area contributed by atoms with Gasteiger partial charge < -0.3 is 0 Å². The van der Waals surface area contributed by atoms with Crippen molar-refractivity contribution < 1.29 is 4.39 Å². The molecule has 0 atom stereocenters. The van der Waals surface area contributed by atoms with E-state index in [4.69, 9.17) is 0 Å². The predicted molar refractivity (Wildman–Crippen MR) is 100 cm³/mol. The number of aryl methyl sites for hydroxylation is 1. The van der Waals surface area contributed by atoms with Gasteiger partial charge in [-0.1, -0.05) is 17.4 Å². The van der Waals surface area contributed by atoms with Crippen molar-refractivity contribution in [1.29, 1.82) is 0 Å². The molecule has 0 aliphatic carbocycles. The van der Waals surface area contributed by atoms with Crippen molar-refractivity contribution in [3.05, 3.63) is 81.8 Å². The van der Waals surface area contributed by atoms with E-state index in [9.17, 15) is 9.18 Å². The van der Waals surface area contributed by atoms with Gasteiger partial charge in [-0.15, -0.1) is 0 Å². The van der Waals surface area contributed by atoms with Crippen LogP contribution in [0.25, 0.3) is 27.7 Å². The van der Waals surface area contributed by atoms with Crippen molar-refractivity contribution >= 4 is 28.4 Å². The minimum absolute atomic E-state index is 0.267. The maximum Gasteiger partial charge on any atom is 0.275 e. The third kappa shape index (κ3) is 3.29. The molecule has 4 aromatic rings. The Hall–Kier alpha value is -3.19. The Morgan fingerprint density at radius 1 is 1.04 bits per heavy atom. The molecule has 0 bridgehead atoms. The highest BCUT2D eigenvalue weighted by Gasteiger charge is 2.10. The molecule has 0 saturated heterocycles. The van der Waals surface area contributed by atoms with E-state index in [1.54, 1.807) is 18.2 Å². The molecule has 0 unspecified atom stereocenters. The zero-order valence-corrected chi connectivity index (χ0v) is 14.6. The topological polar surface area (TPSA) is 60.2 Å². The molecule has 0 amide bonds. The van der Waals surface area contributed by atoms with Crippen molar-refractivity contribution in [1.82, 2.24) is 19.6 Å². The summed E-state index contributed by atoms with van der Waals surface area (Å²) in [7, 11) is 0. The summed E-state index contributed by atoms with van der Waals surface area (Å²) in [5.74, 6) is -0.317. The molecule has 5 nitrogen and oxygen atoms in total. The van der Waals surface area contributed by atoms with Gasteiger partial charge in [0, 0.05) is 17.3 Å². The summed E-state index contributed by atoms with van der Waals surface area (Å²) in [6, 6.07) is 13.1. The monoisotopic (exact) mass is 364 g/mol. The average Bonchev–Trinajstić information content (AvgIpc) is 3.05. The minimum Gasteiger partial charge on any atom is -0.267 e. The van der Waals surface area contributed by atoms with Gasteiger partial charge in [0.15, 0.2) is 0 Å². The molecule has 26 heavy (non-hydrogen) atoms. The van der Waals surface area contributed by atoms with E-state index in [1.807, 2.05) is 31.2 Å². The maximum atomic E-state index is 13.1. The number of rotatable bonds is 3. The highest BCUT2D eigenvalue weighted by atomic mass is 32.1. The van der Waals surface area contributed by atoms with Crippen LogP contribution < -0.4 is 5.56 Å². The SMILES string of the molecule is Cc1cccc(C=Cc2cc(=O)n3nc(-c4ccc(F)cc4)sc3n2)n1. The van der Waals surface area contributed by atoms with E-state index >= 15 is 0 Å². The van der Waals surface area contributed by atoms with Crippen molar-refractivity contribution in [3.63, 3.8) is 0 Å². The van der Waals surface area contributed by atoms with Crippen LogP contribution >= 0.6 is 11.3 Å². The number of aromatic nitrogens is 4. The third-order valence-corrected chi connectivity index (χ3v) is 4.65. The molecule has 0 saturated carbocycles. The molecule has 4 rings (SSSR count). The highest BCUT2D eigenvalue weighted by Crippen LogP contribution is 2.24. The lowest BCUT2D eigenvalue weighted by atomic mass is 10.2. The molecule has 128 valence electrons. The first-order chi connectivity index (χ1) is 12.6. The van der Waals surface area contributed by atoms with Gasteiger partial charge >= 0.3 is 0 Å². The van der Waals surface area contributed by atoms with E-state index in [-0.39, 0.29) is 11.4 Å². The van der Waals surface area contributed by atoms with Gasteiger partial charge in [0.1, 0.15) is 10.8 Å². The summed E-state index contributed by atoms with van der Waals surface area (Å²) in [5.41, 5.74) is 2.72.